The lowest BCUT2D eigenvalue weighted by Crippen LogP contribution is -2.52. The first-order chi connectivity index (χ1) is 9.90. The number of likely N-dealkylation sites (tertiary alicyclic amines) is 1. The highest BCUT2D eigenvalue weighted by molar-refractivity contribution is 6.00. The molecule has 0 saturated carbocycles. The highest BCUT2D eigenvalue weighted by Crippen LogP contribution is 2.19. The van der Waals surface area contributed by atoms with Gasteiger partial charge in [0.1, 0.15) is 11.6 Å². The fourth-order valence-corrected chi connectivity index (χ4v) is 2.24. The summed E-state index contributed by atoms with van der Waals surface area (Å²) in [7, 11) is 1.39. The molecule has 1 aliphatic heterocycles. The number of carbonyl (C=O) groups is 2. The summed E-state index contributed by atoms with van der Waals surface area (Å²) in [6.45, 7) is -0.112. The second-order valence-electron chi connectivity index (χ2n) is 4.97. The number of imide groups is 1. The molecule has 1 aromatic carbocycles. The second-order valence-corrected chi connectivity index (χ2v) is 4.97. The molecular formula is C14H16F2N2O3. The third kappa shape index (κ3) is 3.43. The highest BCUT2D eigenvalue weighted by Gasteiger charge is 2.31. The first-order valence-corrected chi connectivity index (χ1v) is 6.57. The van der Waals surface area contributed by atoms with Gasteiger partial charge in [-0.1, -0.05) is 0 Å². The number of aliphatic hydroxyl groups is 1. The Morgan fingerprint density at radius 3 is 2.86 bits per heavy atom. The number of rotatable bonds is 4. The van der Waals surface area contributed by atoms with Crippen LogP contribution in [0.3, 0.4) is 0 Å². The number of nitrogens with zero attached hydrogens (tertiary/aromatic N) is 1. The normalized spacial score (nSPS) is 20.8. The maximum atomic E-state index is 13.5. The maximum absolute atomic E-state index is 13.5. The Morgan fingerprint density at radius 2 is 2.14 bits per heavy atom. The molecule has 0 radical (unpaired) electrons. The lowest BCUT2D eigenvalue weighted by atomic mass is 10.0. The molecule has 2 N–H and O–H groups in total. The van der Waals surface area contributed by atoms with Crippen LogP contribution < -0.4 is 5.32 Å². The minimum Gasteiger partial charge on any atom is -0.387 e. The van der Waals surface area contributed by atoms with E-state index in [-0.39, 0.29) is 24.4 Å². The van der Waals surface area contributed by atoms with Crippen molar-refractivity contribution in [2.45, 2.75) is 25.0 Å². The molecular weight excluding hydrogens is 282 g/mol. The van der Waals surface area contributed by atoms with Gasteiger partial charge in [0.25, 0.3) is 0 Å². The minimum absolute atomic E-state index is 0.112. The Morgan fingerprint density at radius 1 is 1.43 bits per heavy atom. The van der Waals surface area contributed by atoms with E-state index in [0.717, 1.165) is 23.1 Å². The Balaban J connectivity index is 1.98. The molecule has 1 fully saturated rings. The number of carbonyl (C=O) groups excluding carboxylic acids is 2. The predicted octanol–water partition coefficient (Wildman–Crippen LogP) is 0.735. The summed E-state index contributed by atoms with van der Waals surface area (Å²) in [6, 6.07) is 2.20. The molecule has 5 nitrogen and oxygen atoms in total. The minimum atomic E-state index is -1.28. The summed E-state index contributed by atoms with van der Waals surface area (Å²) in [5, 5.41) is 12.7. The van der Waals surface area contributed by atoms with Gasteiger partial charge in [0, 0.05) is 25.6 Å². The molecule has 0 bridgehead atoms. The summed E-state index contributed by atoms with van der Waals surface area (Å²) < 4.78 is 26.6. The van der Waals surface area contributed by atoms with E-state index in [2.05, 4.69) is 5.32 Å². The molecule has 0 aromatic heterocycles. The predicted molar refractivity (Wildman–Crippen MR) is 70.1 cm³/mol. The zero-order valence-corrected chi connectivity index (χ0v) is 11.5. The van der Waals surface area contributed by atoms with Gasteiger partial charge in [0.15, 0.2) is 0 Å². The molecule has 2 atom stereocenters. The third-order valence-electron chi connectivity index (χ3n) is 3.52. The van der Waals surface area contributed by atoms with Gasteiger partial charge in [-0.25, -0.2) is 8.78 Å². The average molecular weight is 298 g/mol. The van der Waals surface area contributed by atoms with E-state index in [1.165, 1.54) is 7.05 Å². The van der Waals surface area contributed by atoms with Crippen molar-refractivity contribution in [2.75, 3.05) is 13.6 Å². The molecule has 2 unspecified atom stereocenters. The zero-order valence-electron chi connectivity index (χ0n) is 11.5. The second kappa shape index (κ2) is 6.28. The molecule has 0 spiro atoms. The smallest absolute Gasteiger partial charge is 0.246 e. The number of likely N-dealkylation sites (N-methyl/N-ethyl adjacent to an activating group) is 1. The van der Waals surface area contributed by atoms with E-state index >= 15 is 0 Å². The zero-order chi connectivity index (χ0) is 15.6. The first-order valence-electron chi connectivity index (χ1n) is 6.57. The number of nitrogens with one attached hydrogen (secondary N) is 1. The van der Waals surface area contributed by atoms with Crippen LogP contribution in [0.15, 0.2) is 18.2 Å². The lowest BCUT2D eigenvalue weighted by molar-refractivity contribution is -0.148. The van der Waals surface area contributed by atoms with Crippen LogP contribution in [-0.2, 0) is 9.59 Å². The van der Waals surface area contributed by atoms with E-state index < -0.39 is 29.7 Å². The van der Waals surface area contributed by atoms with Crippen LogP contribution in [0.1, 0.15) is 24.5 Å². The van der Waals surface area contributed by atoms with Crippen LogP contribution in [0.25, 0.3) is 0 Å². The van der Waals surface area contributed by atoms with Gasteiger partial charge in [-0.3, -0.25) is 14.5 Å². The van der Waals surface area contributed by atoms with Crippen molar-refractivity contribution < 1.29 is 23.5 Å². The Hall–Kier alpha value is -1.86. The third-order valence-corrected chi connectivity index (χ3v) is 3.52. The van der Waals surface area contributed by atoms with Crippen molar-refractivity contribution >= 4 is 11.8 Å². The van der Waals surface area contributed by atoms with Crippen molar-refractivity contribution in [1.82, 2.24) is 10.2 Å². The topological polar surface area (TPSA) is 69.6 Å². The number of hydrogen-bond acceptors (Lipinski definition) is 4. The van der Waals surface area contributed by atoms with Crippen LogP contribution >= 0.6 is 0 Å². The van der Waals surface area contributed by atoms with Crippen LogP contribution in [0.5, 0.6) is 0 Å². The molecule has 21 heavy (non-hydrogen) atoms. The lowest BCUT2D eigenvalue weighted by Gasteiger charge is -2.29. The fourth-order valence-electron chi connectivity index (χ4n) is 2.24. The van der Waals surface area contributed by atoms with Crippen LogP contribution in [0, 0.1) is 11.6 Å². The van der Waals surface area contributed by atoms with Crippen molar-refractivity contribution in [3.63, 3.8) is 0 Å². The summed E-state index contributed by atoms with van der Waals surface area (Å²) >= 11 is 0. The van der Waals surface area contributed by atoms with E-state index in [1.807, 2.05) is 0 Å². The standard InChI is InChI=1S/C14H16F2N2O3/c1-18-13(20)5-4-11(14(18)21)17-7-12(19)9-6-8(15)2-3-10(9)16/h2-3,6,11-12,17,19H,4-5,7H2,1H3. The highest BCUT2D eigenvalue weighted by atomic mass is 19.1. The largest absolute Gasteiger partial charge is 0.387 e. The van der Waals surface area contributed by atoms with Crippen molar-refractivity contribution in [3.05, 3.63) is 35.4 Å². The Bertz CT molecular complexity index is 565. The summed E-state index contributed by atoms with van der Waals surface area (Å²) in [5.41, 5.74) is -0.171. The molecule has 1 aliphatic rings. The molecule has 2 rings (SSSR count). The SMILES string of the molecule is CN1C(=O)CCC(NCC(O)c2cc(F)ccc2F)C1=O. The fraction of sp³-hybridized carbons (Fsp3) is 0.429. The number of piperidine rings is 1. The summed E-state index contributed by atoms with van der Waals surface area (Å²) in [6.07, 6.45) is -0.735. The number of hydrogen-bond donors (Lipinski definition) is 2. The first kappa shape index (κ1) is 15.5. The molecule has 1 heterocycles. The van der Waals surface area contributed by atoms with E-state index in [4.69, 9.17) is 0 Å². The molecule has 1 aromatic rings. The van der Waals surface area contributed by atoms with Crippen LogP contribution in [-0.4, -0.2) is 41.5 Å². The average Bonchev–Trinajstić information content (AvgIpc) is 2.46. The molecule has 2 amide bonds. The monoisotopic (exact) mass is 298 g/mol. The van der Waals surface area contributed by atoms with Crippen molar-refractivity contribution in [1.29, 1.82) is 0 Å². The number of benzene rings is 1. The number of halogens is 2. The van der Waals surface area contributed by atoms with Crippen molar-refractivity contribution in [3.8, 4) is 0 Å². The van der Waals surface area contributed by atoms with Gasteiger partial charge in [-0.2, -0.15) is 0 Å². The Kier molecular flexibility index (Phi) is 4.64. The van der Waals surface area contributed by atoms with Gasteiger partial charge < -0.3 is 10.4 Å². The van der Waals surface area contributed by atoms with Gasteiger partial charge >= 0.3 is 0 Å². The van der Waals surface area contributed by atoms with Gasteiger partial charge in [0.2, 0.25) is 11.8 Å². The van der Waals surface area contributed by atoms with Gasteiger partial charge in [-0.15, -0.1) is 0 Å². The van der Waals surface area contributed by atoms with E-state index in [9.17, 15) is 23.5 Å². The van der Waals surface area contributed by atoms with E-state index in [1.54, 1.807) is 0 Å². The van der Waals surface area contributed by atoms with Crippen LogP contribution in [0.4, 0.5) is 8.78 Å². The van der Waals surface area contributed by atoms with E-state index in [0.29, 0.717) is 6.42 Å². The summed E-state index contributed by atoms with van der Waals surface area (Å²) in [4.78, 5) is 24.2. The van der Waals surface area contributed by atoms with Gasteiger partial charge in [-0.05, 0) is 24.6 Å². The molecule has 7 heteroatoms. The molecule has 1 saturated heterocycles. The van der Waals surface area contributed by atoms with Crippen molar-refractivity contribution in [2.24, 2.45) is 0 Å². The Labute approximate surface area is 120 Å². The van der Waals surface area contributed by atoms with Gasteiger partial charge in [0.05, 0.1) is 12.1 Å². The maximum Gasteiger partial charge on any atom is 0.246 e. The number of aliphatic hydroxyl groups excluding tert-OH is 1. The van der Waals surface area contributed by atoms with Crippen LogP contribution in [0.2, 0.25) is 0 Å². The summed E-state index contributed by atoms with van der Waals surface area (Å²) in [5.74, 6) is -2.01. The molecule has 114 valence electrons. The number of amides is 2. The quantitative estimate of drug-likeness (QED) is 0.804. The molecule has 0 aliphatic carbocycles.